The van der Waals surface area contributed by atoms with Crippen LogP contribution in [-0.2, 0) is 7.05 Å². The van der Waals surface area contributed by atoms with Crippen molar-refractivity contribution in [2.45, 2.75) is 12.8 Å². The Labute approximate surface area is 144 Å². The zero-order valence-electron chi connectivity index (χ0n) is 14.0. The topological polar surface area (TPSA) is 110 Å². The van der Waals surface area contributed by atoms with Crippen molar-refractivity contribution < 1.29 is 14.6 Å². The number of aromatic hydroxyl groups is 1. The number of fused-ring (bicyclic) bond motifs is 1. The molecule has 2 aromatic rings. The Kier molecular flexibility index (Phi) is 3.89. The monoisotopic (exact) mass is 339 g/mol. The molecule has 1 aliphatic rings. The Balaban J connectivity index is 2.32. The summed E-state index contributed by atoms with van der Waals surface area (Å²) in [6.07, 6.45) is 0. The SMILES string of the molecule is COc1ccc([C@H]2C(C#N)=C(N)Oc3cc(C)n(C)c(=O)c32)cc1O. The van der Waals surface area contributed by atoms with Crippen molar-refractivity contribution in [3.05, 3.63) is 62.9 Å². The van der Waals surface area contributed by atoms with Gasteiger partial charge in [0, 0.05) is 18.8 Å². The molecule has 1 aromatic heterocycles. The summed E-state index contributed by atoms with van der Waals surface area (Å²) in [5, 5.41) is 19.6. The smallest absolute Gasteiger partial charge is 0.258 e. The van der Waals surface area contributed by atoms with E-state index in [-0.39, 0.29) is 22.8 Å². The largest absolute Gasteiger partial charge is 0.504 e. The Morgan fingerprint density at radius 1 is 1.40 bits per heavy atom. The van der Waals surface area contributed by atoms with Crippen molar-refractivity contribution >= 4 is 0 Å². The second-order valence-electron chi connectivity index (χ2n) is 5.78. The van der Waals surface area contributed by atoms with E-state index in [1.807, 2.05) is 6.07 Å². The minimum absolute atomic E-state index is 0.0528. The molecular formula is C18H17N3O4. The van der Waals surface area contributed by atoms with Gasteiger partial charge in [0.25, 0.3) is 5.56 Å². The van der Waals surface area contributed by atoms with Crippen molar-refractivity contribution in [1.82, 2.24) is 4.57 Å². The lowest BCUT2D eigenvalue weighted by molar-refractivity contribution is 0.372. The molecule has 0 aliphatic carbocycles. The van der Waals surface area contributed by atoms with Crippen LogP contribution >= 0.6 is 0 Å². The number of phenolic OH excluding ortho intramolecular Hbond substituents is 1. The van der Waals surface area contributed by atoms with E-state index >= 15 is 0 Å². The van der Waals surface area contributed by atoms with E-state index in [0.717, 1.165) is 0 Å². The first-order valence-corrected chi connectivity index (χ1v) is 7.54. The summed E-state index contributed by atoms with van der Waals surface area (Å²) in [6.45, 7) is 1.78. The van der Waals surface area contributed by atoms with Crippen LogP contribution in [0.1, 0.15) is 22.7 Å². The van der Waals surface area contributed by atoms with E-state index in [0.29, 0.717) is 28.3 Å². The van der Waals surface area contributed by atoms with Crippen LogP contribution in [0.4, 0.5) is 0 Å². The van der Waals surface area contributed by atoms with E-state index in [2.05, 4.69) is 0 Å². The van der Waals surface area contributed by atoms with Crippen LogP contribution in [0.15, 0.2) is 40.5 Å². The Bertz CT molecular complexity index is 999. The summed E-state index contributed by atoms with van der Waals surface area (Å²) < 4.78 is 12.0. The van der Waals surface area contributed by atoms with Crippen LogP contribution in [0, 0.1) is 18.3 Å². The van der Waals surface area contributed by atoms with Crippen LogP contribution in [0.3, 0.4) is 0 Å². The van der Waals surface area contributed by atoms with E-state index in [4.69, 9.17) is 15.2 Å². The average molecular weight is 339 g/mol. The van der Waals surface area contributed by atoms with Crippen molar-refractivity contribution in [3.63, 3.8) is 0 Å². The molecule has 0 unspecified atom stereocenters. The van der Waals surface area contributed by atoms with Crippen LogP contribution < -0.4 is 20.8 Å². The molecular weight excluding hydrogens is 322 g/mol. The van der Waals surface area contributed by atoms with Crippen molar-refractivity contribution in [1.29, 1.82) is 5.26 Å². The lowest BCUT2D eigenvalue weighted by Gasteiger charge is -2.27. The lowest BCUT2D eigenvalue weighted by atomic mass is 9.84. The molecule has 1 aromatic carbocycles. The van der Waals surface area contributed by atoms with E-state index in [9.17, 15) is 15.2 Å². The maximum atomic E-state index is 12.8. The number of nitrogens with two attached hydrogens (primary N) is 1. The van der Waals surface area contributed by atoms with Crippen LogP contribution in [-0.4, -0.2) is 16.8 Å². The number of methoxy groups -OCH3 is 1. The number of nitrogens with zero attached hydrogens (tertiary/aromatic N) is 2. The second-order valence-corrected chi connectivity index (χ2v) is 5.78. The summed E-state index contributed by atoms with van der Waals surface area (Å²) >= 11 is 0. The third-order valence-corrected chi connectivity index (χ3v) is 4.39. The molecule has 0 spiro atoms. The predicted octanol–water partition coefficient (Wildman–Crippen LogP) is 1.63. The molecule has 0 saturated heterocycles. The number of rotatable bonds is 2. The maximum absolute atomic E-state index is 12.8. The number of hydrogen-bond donors (Lipinski definition) is 2. The zero-order chi connectivity index (χ0) is 18.3. The molecule has 2 heterocycles. The first-order valence-electron chi connectivity index (χ1n) is 7.54. The minimum Gasteiger partial charge on any atom is -0.504 e. The number of phenols is 1. The number of allylic oxidation sites excluding steroid dienone is 1. The normalized spacial score (nSPS) is 16.0. The number of hydrogen-bond acceptors (Lipinski definition) is 6. The van der Waals surface area contributed by atoms with Gasteiger partial charge in [-0.05, 0) is 24.6 Å². The zero-order valence-corrected chi connectivity index (χ0v) is 14.0. The third kappa shape index (κ3) is 2.48. The predicted molar refractivity (Wildman–Crippen MR) is 90.4 cm³/mol. The van der Waals surface area contributed by atoms with Crippen LogP contribution in [0.2, 0.25) is 0 Å². The highest BCUT2D eigenvalue weighted by Gasteiger charge is 2.34. The first-order chi connectivity index (χ1) is 11.9. The second kappa shape index (κ2) is 5.91. The maximum Gasteiger partial charge on any atom is 0.258 e. The number of nitriles is 1. The van der Waals surface area contributed by atoms with Gasteiger partial charge >= 0.3 is 0 Å². The number of ether oxygens (including phenoxy) is 2. The molecule has 128 valence electrons. The fraction of sp³-hybridized carbons (Fsp3) is 0.222. The average Bonchev–Trinajstić information content (AvgIpc) is 2.58. The van der Waals surface area contributed by atoms with Gasteiger partial charge in [-0.1, -0.05) is 6.07 Å². The van der Waals surface area contributed by atoms with Crippen molar-refractivity contribution in [3.8, 4) is 23.3 Å². The van der Waals surface area contributed by atoms with Crippen molar-refractivity contribution in [2.24, 2.45) is 12.8 Å². The van der Waals surface area contributed by atoms with E-state index in [1.165, 1.54) is 17.7 Å². The Morgan fingerprint density at radius 3 is 2.72 bits per heavy atom. The van der Waals surface area contributed by atoms with Gasteiger partial charge in [0.1, 0.15) is 17.4 Å². The molecule has 0 saturated carbocycles. The number of aryl methyl sites for hydroxylation is 1. The minimum atomic E-state index is -0.732. The summed E-state index contributed by atoms with van der Waals surface area (Å²) in [7, 11) is 3.09. The van der Waals surface area contributed by atoms with Gasteiger partial charge in [0.2, 0.25) is 5.88 Å². The van der Waals surface area contributed by atoms with Gasteiger partial charge in [0.05, 0.1) is 18.6 Å². The lowest BCUT2D eigenvalue weighted by Crippen LogP contribution is -2.31. The van der Waals surface area contributed by atoms with Gasteiger partial charge in [-0.3, -0.25) is 4.79 Å². The van der Waals surface area contributed by atoms with Gasteiger partial charge in [-0.25, -0.2) is 0 Å². The molecule has 7 heteroatoms. The third-order valence-electron chi connectivity index (χ3n) is 4.39. The fourth-order valence-corrected chi connectivity index (χ4v) is 2.96. The molecule has 0 radical (unpaired) electrons. The molecule has 0 fully saturated rings. The summed E-state index contributed by atoms with van der Waals surface area (Å²) in [4.78, 5) is 12.8. The van der Waals surface area contributed by atoms with Gasteiger partial charge < -0.3 is 24.9 Å². The number of aromatic nitrogens is 1. The summed E-state index contributed by atoms with van der Waals surface area (Å²) in [5.74, 6) is -0.263. The number of benzene rings is 1. The Hall–Kier alpha value is -3.40. The highest BCUT2D eigenvalue weighted by atomic mass is 16.5. The molecule has 0 amide bonds. The molecule has 7 nitrogen and oxygen atoms in total. The molecule has 3 N–H and O–H groups in total. The first kappa shape index (κ1) is 16.5. The van der Waals surface area contributed by atoms with E-state index < -0.39 is 5.92 Å². The quantitative estimate of drug-likeness (QED) is 0.860. The van der Waals surface area contributed by atoms with Gasteiger partial charge in [-0.2, -0.15) is 5.26 Å². The highest BCUT2D eigenvalue weighted by Crippen LogP contribution is 2.42. The molecule has 1 aliphatic heterocycles. The molecule has 0 bridgehead atoms. The van der Waals surface area contributed by atoms with E-state index in [1.54, 1.807) is 32.2 Å². The highest BCUT2D eigenvalue weighted by molar-refractivity contribution is 5.57. The number of pyridine rings is 1. The van der Waals surface area contributed by atoms with Crippen LogP contribution in [0.5, 0.6) is 17.2 Å². The molecule has 25 heavy (non-hydrogen) atoms. The van der Waals surface area contributed by atoms with Crippen LogP contribution in [0.25, 0.3) is 0 Å². The molecule has 1 atom stereocenters. The fourth-order valence-electron chi connectivity index (χ4n) is 2.96. The van der Waals surface area contributed by atoms with Gasteiger partial charge in [0.15, 0.2) is 11.5 Å². The summed E-state index contributed by atoms with van der Waals surface area (Å²) in [5.41, 5.74) is 7.30. The van der Waals surface area contributed by atoms with Crippen molar-refractivity contribution in [2.75, 3.05) is 7.11 Å². The van der Waals surface area contributed by atoms with Gasteiger partial charge in [-0.15, -0.1) is 0 Å². The Morgan fingerprint density at radius 2 is 2.12 bits per heavy atom. The molecule has 3 rings (SSSR count). The standard InChI is InChI=1S/C18H17N3O4/c1-9-6-14-16(18(23)21(9)2)15(11(8-19)17(20)25-14)10-4-5-13(24-3)12(22)7-10/h4-7,15,22H,20H2,1-3H3/t15-/m0/s1. The summed E-state index contributed by atoms with van der Waals surface area (Å²) in [6, 6.07) is 8.44.